The Morgan fingerprint density at radius 3 is 2.84 bits per heavy atom. The number of carbonyl (C=O) groups is 1. The van der Waals surface area contributed by atoms with E-state index in [4.69, 9.17) is 0 Å². The van der Waals surface area contributed by atoms with E-state index in [1.165, 1.54) is 27.1 Å². The normalized spacial score (nSPS) is 12.7. The van der Waals surface area contributed by atoms with Gasteiger partial charge < -0.3 is 14.8 Å². The number of carbonyl (C=O) groups excluding carboxylic acids is 1. The molecule has 0 fully saturated rings. The van der Waals surface area contributed by atoms with Gasteiger partial charge in [-0.1, -0.05) is 6.07 Å². The molecule has 0 aliphatic carbocycles. The number of thiophene rings is 2. The molecule has 6 nitrogen and oxygen atoms in total. The Bertz CT molecular complexity index is 957. The lowest BCUT2D eigenvalue weighted by molar-refractivity contribution is 0.0946. The average Bonchev–Trinajstić information content (AvgIpc) is 3.19. The van der Waals surface area contributed by atoms with E-state index in [1.807, 2.05) is 25.5 Å². The van der Waals surface area contributed by atoms with Crippen LogP contribution in [0.25, 0.3) is 10.2 Å². The number of aromatic nitrogens is 2. The van der Waals surface area contributed by atoms with E-state index in [-0.39, 0.29) is 17.5 Å². The maximum atomic E-state index is 12.7. The first-order chi connectivity index (χ1) is 11.9. The molecule has 3 aromatic rings. The molecule has 1 amide bonds. The van der Waals surface area contributed by atoms with E-state index in [0.29, 0.717) is 27.2 Å². The highest BCUT2D eigenvalue weighted by atomic mass is 32.1. The van der Waals surface area contributed by atoms with Gasteiger partial charge in [0.1, 0.15) is 4.83 Å². The van der Waals surface area contributed by atoms with Crippen LogP contribution in [0.1, 0.15) is 26.2 Å². The van der Waals surface area contributed by atoms with Crippen LogP contribution in [0, 0.1) is 6.92 Å². The predicted molar refractivity (Wildman–Crippen MR) is 103 cm³/mol. The lowest BCUT2D eigenvalue weighted by atomic mass is 10.2. The topological polar surface area (TPSA) is 67.2 Å². The van der Waals surface area contributed by atoms with Crippen molar-refractivity contribution in [2.75, 3.05) is 20.6 Å². The number of nitrogens with zero attached hydrogens (tertiary/aromatic N) is 3. The summed E-state index contributed by atoms with van der Waals surface area (Å²) in [6, 6.07) is 4.19. The second kappa shape index (κ2) is 7.07. The van der Waals surface area contributed by atoms with Gasteiger partial charge in [0, 0.05) is 18.5 Å². The quantitative estimate of drug-likeness (QED) is 0.742. The van der Waals surface area contributed by atoms with Gasteiger partial charge in [-0.3, -0.25) is 9.59 Å². The predicted octanol–water partition coefficient (Wildman–Crippen LogP) is 2.40. The van der Waals surface area contributed by atoms with E-state index in [1.54, 1.807) is 25.3 Å². The van der Waals surface area contributed by atoms with Crippen LogP contribution < -0.4 is 10.9 Å². The van der Waals surface area contributed by atoms with Gasteiger partial charge in [0.25, 0.3) is 11.5 Å². The third-order valence-electron chi connectivity index (χ3n) is 4.17. The molecule has 0 saturated carbocycles. The number of aryl methyl sites for hydroxylation is 2. The molecular weight excluding hydrogens is 356 g/mol. The molecule has 1 atom stereocenters. The highest BCUT2D eigenvalue weighted by Gasteiger charge is 2.21. The zero-order chi connectivity index (χ0) is 18.1. The Hall–Kier alpha value is -2.03. The third-order valence-corrected chi connectivity index (χ3v) is 6.34. The molecule has 3 rings (SSSR count). The SMILES string of the molecule is Cc1c(C(=O)NCC(c2cccs2)N(C)C)sc2ncn(C)c(=O)c12. The van der Waals surface area contributed by atoms with E-state index in [0.717, 1.165) is 0 Å². The molecule has 8 heteroatoms. The Morgan fingerprint density at radius 1 is 1.44 bits per heavy atom. The van der Waals surface area contributed by atoms with E-state index < -0.39 is 0 Å². The largest absolute Gasteiger partial charge is 0.349 e. The number of likely N-dealkylation sites (N-methyl/N-ethyl adjacent to an activating group) is 1. The second-order valence-corrected chi connectivity index (χ2v) is 8.08. The van der Waals surface area contributed by atoms with Gasteiger partial charge in [-0.25, -0.2) is 4.98 Å². The third kappa shape index (κ3) is 3.37. The number of amides is 1. The molecule has 0 aromatic carbocycles. The fourth-order valence-corrected chi connectivity index (χ4v) is 4.69. The summed E-state index contributed by atoms with van der Waals surface area (Å²) in [6.07, 6.45) is 1.49. The molecule has 25 heavy (non-hydrogen) atoms. The molecular formula is C17H20N4O2S2. The van der Waals surface area contributed by atoms with Gasteiger partial charge in [-0.2, -0.15) is 0 Å². The minimum absolute atomic E-state index is 0.115. The van der Waals surface area contributed by atoms with E-state index in [2.05, 4.69) is 21.3 Å². The van der Waals surface area contributed by atoms with Gasteiger partial charge in [-0.05, 0) is 38.0 Å². The Balaban J connectivity index is 1.84. The van der Waals surface area contributed by atoms with Crippen LogP contribution in [0.5, 0.6) is 0 Å². The summed E-state index contributed by atoms with van der Waals surface area (Å²) >= 11 is 2.94. The Labute approximate surface area is 153 Å². The lowest BCUT2D eigenvalue weighted by Gasteiger charge is -2.23. The van der Waals surface area contributed by atoms with Gasteiger partial charge >= 0.3 is 0 Å². The van der Waals surface area contributed by atoms with Crippen molar-refractivity contribution in [2.45, 2.75) is 13.0 Å². The maximum Gasteiger partial charge on any atom is 0.262 e. The summed E-state index contributed by atoms with van der Waals surface area (Å²) in [5.74, 6) is -0.161. The van der Waals surface area contributed by atoms with Crippen LogP contribution in [0.15, 0.2) is 28.6 Å². The van der Waals surface area contributed by atoms with Crippen molar-refractivity contribution < 1.29 is 4.79 Å². The molecule has 1 N–H and O–H groups in total. The van der Waals surface area contributed by atoms with Crippen molar-refractivity contribution in [3.63, 3.8) is 0 Å². The highest BCUT2D eigenvalue weighted by Crippen LogP contribution is 2.27. The van der Waals surface area contributed by atoms with Crippen molar-refractivity contribution in [3.05, 3.63) is 49.5 Å². The molecule has 3 heterocycles. The number of hydrogen-bond acceptors (Lipinski definition) is 6. The Morgan fingerprint density at radius 2 is 2.20 bits per heavy atom. The zero-order valence-corrected chi connectivity index (χ0v) is 16.2. The summed E-state index contributed by atoms with van der Waals surface area (Å²) in [7, 11) is 5.65. The first-order valence-electron chi connectivity index (χ1n) is 7.83. The van der Waals surface area contributed by atoms with Crippen LogP contribution in [0.4, 0.5) is 0 Å². The van der Waals surface area contributed by atoms with Crippen molar-refractivity contribution in [1.29, 1.82) is 0 Å². The standard InChI is InChI=1S/C17H20N4O2S2/c1-10-13-16(19-9-21(4)17(13)23)25-14(10)15(22)18-8-11(20(2)3)12-6-5-7-24-12/h5-7,9,11H,8H2,1-4H3,(H,18,22). The van der Waals surface area contributed by atoms with Crippen molar-refractivity contribution >= 4 is 38.8 Å². The fraction of sp³-hybridized carbons (Fsp3) is 0.353. The number of fused-ring (bicyclic) bond motifs is 1. The second-order valence-electron chi connectivity index (χ2n) is 6.10. The molecule has 0 aliphatic rings. The summed E-state index contributed by atoms with van der Waals surface area (Å²) in [4.78, 5) is 33.7. The number of rotatable bonds is 5. The molecule has 0 aliphatic heterocycles. The van der Waals surface area contributed by atoms with Crippen molar-refractivity contribution in [3.8, 4) is 0 Å². The molecule has 0 saturated heterocycles. The summed E-state index contributed by atoms with van der Waals surface area (Å²) in [5.41, 5.74) is 0.575. The van der Waals surface area contributed by atoms with Gasteiger partial charge in [-0.15, -0.1) is 22.7 Å². The summed E-state index contributed by atoms with van der Waals surface area (Å²) in [6.45, 7) is 2.31. The van der Waals surface area contributed by atoms with Crippen LogP contribution in [0.2, 0.25) is 0 Å². The molecule has 0 spiro atoms. The molecule has 0 bridgehead atoms. The fourth-order valence-electron chi connectivity index (χ4n) is 2.71. The molecule has 1 unspecified atom stereocenters. The van der Waals surface area contributed by atoms with Gasteiger partial charge in [0.05, 0.1) is 22.6 Å². The first kappa shape index (κ1) is 17.8. The minimum atomic E-state index is -0.161. The molecule has 3 aromatic heterocycles. The van der Waals surface area contributed by atoms with Crippen LogP contribution >= 0.6 is 22.7 Å². The zero-order valence-electron chi connectivity index (χ0n) is 14.6. The molecule has 132 valence electrons. The molecule has 0 radical (unpaired) electrons. The number of nitrogens with one attached hydrogen (secondary N) is 1. The van der Waals surface area contributed by atoms with Gasteiger partial charge in [0.2, 0.25) is 0 Å². The van der Waals surface area contributed by atoms with Crippen LogP contribution in [-0.2, 0) is 7.05 Å². The monoisotopic (exact) mass is 376 g/mol. The highest BCUT2D eigenvalue weighted by molar-refractivity contribution is 7.20. The summed E-state index contributed by atoms with van der Waals surface area (Å²) in [5, 5.41) is 5.57. The first-order valence-corrected chi connectivity index (χ1v) is 9.52. The summed E-state index contributed by atoms with van der Waals surface area (Å²) < 4.78 is 1.43. The van der Waals surface area contributed by atoms with Crippen LogP contribution in [-0.4, -0.2) is 41.0 Å². The Kier molecular flexibility index (Phi) is 5.03. The van der Waals surface area contributed by atoms with E-state index >= 15 is 0 Å². The van der Waals surface area contributed by atoms with Crippen LogP contribution in [0.3, 0.4) is 0 Å². The smallest absolute Gasteiger partial charge is 0.262 e. The number of hydrogen-bond donors (Lipinski definition) is 1. The van der Waals surface area contributed by atoms with Gasteiger partial charge in [0.15, 0.2) is 0 Å². The van der Waals surface area contributed by atoms with Crippen molar-refractivity contribution in [2.24, 2.45) is 7.05 Å². The van der Waals surface area contributed by atoms with Crippen molar-refractivity contribution in [1.82, 2.24) is 19.8 Å². The lowest BCUT2D eigenvalue weighted by Crippen LogP contribution is -2.34. The minimum Gasteiger partial charge on any atom is -0.349 e. The van der Waals surface area contributed by atoms with E-state index in [9.17, 15) is 9.59 Å². The average molecular weight is 377 g/mol. The maximum absolute atomic E-state index is 12.7.